The quantitative estimate of drug-likeness (QED) is 0.308. The van der Waals surface area contributed by atoms with E-state index in [-0.39, 0.29) is 27.6 Å². The molecule has 0 unspecified atom stereocenters. The number of phenols is 1. The Bertz CT molecular complexity index is 1070. The summed E-state index contributed by atoms with van der Waals surface area (Å²) in [7, 11) is -4.14. The molecule has 1 aliphatic heterocycles. The summed E-state index contributed by atoms with van der Waals surface area (Å²) in [5, 5.41) is 23.6. The molecule has 3 rings (SSSR count). The molecule has 31 heavy (non-hydrogen) atoms. The van der Waals surface area contributed by atoms with Crippen molar-refractivity contribution in [2.24, 2.45) is 0 Å². The molecule has 0 aliphatic carbocycles. The van der Waals surface area contributed by atoms with Crippen molar-refractivity contribution in [1.29, 1.82) is 0 Å². The summed E-state index contributed by atoms with van der Waals surface area (Å²) in [6.45, 7) is 3.80. The van der Waals surface area contributed by atoms with E-state index in [1.54, 1.807) is 0 Å². The number of sulfonamides is 1. The van der Waals surface area contributed by atoms with Crippen LogP contribution in [0.15, 0.2) is 47.4 Å². The summed E-state index contributed by atoms with van der Waals surface area (Å²) in [6, 6.07) is 8.28. The van der Waals surface area contributed by atoms with Gasteiger partial charge in [-0.3, -0.25) is 24.5 Å². The number of hydrogen-bond acceptors (Lipinski definition) is 8. The minimum Gasteiger partial charge on any atom is -0.507 e. The van der Waals surface area contributed by atoms with E-state index >= 15 is 0 Å². The second kappa shape index (κ2) is 9.73. The van der Waals surface area contributed by atoms with E-state index in [2.05, 4.69) is 14.9 Å². The van der Waals surface area contributed by atoms with Crippen LogP contribution in [0, 0.1) is 10.1 Å². The lowest BCUT2D eigenvalue weighted by Crippen LogP contribution is -2.41. The predicted molar refractivity (Wildman–Crippen MR) is 112 cm³/mol. The van der Waals surface area contributed by atoms with Crippen LogP contribution in [0.4, 0.5) is 11.4 Å². The first-order valence-electron chi connectivity index (χ1n) is 9.45. The number of carbonyl (C=O) groups excluding carboxylic acids is 1. The summed E-state index contributed by atoms with van der Waals surface area (Å²) in [4.78, 5) is 24.5. The number of hydrogen-bond donors (Lipinski definition) is 3. The number of benzene rings is 2. The number of phenolic OH excluding ortho intramolecular Hbond substituents is 1. The number of rotatable bonds is 8. The van der Waals surface area contributed by atoms with Crippen LogP contribution in [0.1, 0.15) is 10.4 Å². The van der Waals surface area contributed by atoms with Crippen molar-refractivity contribution >= 4 is 27.3 Å². The highest BCUT2D eigenvalue weighted by Crippen LogP contribution is 2.25. The molecule has 0 radical (unpaired) electrons. The average molecular weight is 450 g/mol. The number of amides is 1. The van der Waals surface area contributed by atoms with E-state index in [0.29, 0.717) is 26.3 Å². The van der Waals surface area contributed by atoms with Crippen molar-refractivity contribution in [3.8, 4) is 5.75 Å². The number of aromatic hydroxyl groups is 1. The first-order valence-corrected chi connectivity index (χ1v) is 10.9. The third-order valence-electron chi connectivity index (χ3n) is 4.65. The minimum atomic E-state index is -4.14. The van der Waals surface area contributed by atoms with Crippen LogP contribution >= 0.6 is 0 Å². The molecular weight excluding hydrogens is 428 g/mol. The van der Waals surface area contributed by atoms with Crippen molar-refractivity contribution < 1.29 is 28.0 Å². The normalized spacial score (nSPS) is 14.7. The molecule has 2 aromatic carbocycles. The zero-order valence-electron chi connectivity index (χ0n) is 16.5. The Labute approximate surface area is 178 Å². The number of ether oxygens (including phenoxy) is 1. The zero-order valence-corrected chi connectivity index (χ0v) is 17.3. The monoisotopic (exact) mass is 450 g/mol. The van der Waals surface area contributed by atoms with Gasteiger partial charge in [0.2, 0.25) is 0 Å². The molecule has 1 amide bonds. The lowest BCUT2D eigenvalue weighted by molar-refractivity contribution is -0.385. The Morgan fingerprint density at radius 2 is 1.94 bits per heavy atom. The SMILES string of the molecule is O=C(NCCN1CCOCC1)c1cc(NS(=O)(=O)c2cccc([N+](=O)[O-])c2)ccc1O. The Morgan fingerprint density at radius 3 is 2.65 bits per heavy atom. The Hall–Kier alpha value is -3.22. The average Bonchev–Trinajstić information content (AvgIpc) is 2.75. The molecule has 166 valence electrons. The number of nitro groups is 1. The Balaban J connectivity index is 1.69. The highest BCUT2D eigenvalue weighted by molar-refractivity contribution is 7.92. The van der Waals surface area contributed by atoms with Gasteiger partial charge in [0.25, 0.3) is 21.6 Å². The number of nitrogens with zero attached hydrogens (tertiary/aromatic N) is 2. The molecular formula is C19H22N4O7S. The van der Waals surface area contributed by atoms with E-state index in [0.717, 1.165) is 19.2 Å². The Kier molecular flexibility index (Phi) is 7.05. The lowest BCUT2D eigenvalue weighted by atomic mass is 10.1. The fourth-order valence-electron chi connectivity index (χ4n) is 3.01. The van der Waals surface area contributed by atoms with Gasteiger partial charge >= 0.3 is 0 Å². The molecule has 1 heterocycles. The summed E-state index contributed by atoms with van der Waals surface area (Å²) in [5.41, 5.74) is -0.433. The first kappa shape index (κ1) is 22.5. The van der Waals surface area contributed by atoms with E-state index < -0.39 is 20.9 Å². The molecule has 0 spiro atoms. The number of nitrogens with one attached hydrogen (secondary N) is 2. The first-order chi connectivity index (χ1) is 14.8. The van der Waals surface area contributed by atoms with Crippen LogP contribution in [0.25, 0.3) is 0 Å². The molecule has 11 nitrogen and oxygen atoms in total. The van der Waals surface area contributed by atoms with Gasteiger partial charge in [0.1, 0.15) is 5.75 Å². The predicted octanol–water partition coefficient (Wildman–Crippen LogP) is 1.16. The van der Waals surface area contributed by atoms with Gasteiger partial charge in [-0.1, -0.05) is 6.07 Å². The molecule has 12 heteroatoms. The molecule has 0 atom stereocenters. The number of carbonyl (C=O) groups is 1. The molecule has 3 N–H and O–H groups in total. The summed E-state index contributed by atoms with van der Waals surface area (Å²) in [6.07, 6.45) is 0. The second-order valence-electron chi connectivity index (χ2n) is 6.80. The second-order valence-corrected chi connectivity index (χ2v) is 8.48. The third kappa shape index (κ3) is 5.90. The number of nitro benzene ring substituents is 1. The molecule has 1 saturated heterocycles. The fourth-order valence-corrected chi connectivity index (χ4v) is 4.10. The summed E-state index contributed by atoms with van der Waals surface area (Å²) >= 11 is 0. The lowest BCUT2D eigenvalue weighted by Gasteiger charge is -2.26. The van der Waals surface area contributed by atoms with Crippen molar-refractivity contribution in [2.45, 2.75) is 4.90 Å². The summed E-state index contributed by atoms with van der Waals surface area (Å²) in [5.74, 6) is -0.857. The van der Waals surface area contributed by atoms with E-state index in [4.69, 9.17) is 4.74 Å². The van der Waals surface area contributed by atoms with Crippen LogP contribution in [0.3, 0.4) is 0 Å². The summed E-state index contributed by atoms with van der Waals surface area (Å²) < 4.78 is 32.7. The van der Waals surface area contributed by atoms with Crippen LogP contribution in [-0.4, -0.2) is 68.6 Å². The van der Waals surface area contributed by atoms with Gasteiger partial charge in [-0.15, -0.1) is 0 Å². The van der Waals surface area contributed by atoms with Gasteiger partial charge in [-0.2, -0.15) is 0 Å². The van der Waals surface area contributed by atoms with E-state index in [1.807, 2.05) is 0 Å². The maximum absolute atomic E-state index is 12.6. The zero-order chi connectivity index (χ0) is 22.4. The van der Waals surface area contributed by atoms with Gasteiger partial charge in [0, 0.05) is 44.0 Å². The molecule has 0 aromatic heterocycles. The van der Waals surface area contributed by atoms with Gasteiger partial charge < -0.3 is 15.2 Å². The minimum absolute atomic E-state index is 0.0302. The highest BCUT2D eigenvalue weighted by atomic mass is 32.2. The largest absolute Gasteiger partial charge is 0.507 e. The van der Waals surface area contributed by atoms with Crippen LogP contribution in [0.2, 0.25) is 0 Å². The Morgan fingerprint density at radius 1 is 1.19 bits per heavy atom. The molecule has 0 bridgehead atoms. The van der Waals surface area contributed by atoms with Crippen molar-refractivity contribution in [2.75, 3.05) is 44.1 Å². The maximum Gasteiger partial charge on any atom is 0.270 e. The maximum atomic E-state index is 12.6. The van der Waals surface area contributed by atoms with E-state index in [9.17, 15) is 28.4 Å². The number of morpholine rings is 1. The van der Waals surface area contributed by atoms with Gasteiger partial charge in [-0.05, 0) is 24.3 Å². The standard InChI is InChI=1S/C19H22N4O7S/c24-18-5-4-14(21-31(28,29)16-3-1-2-15(13-16)23(26)27)12-17(18)19(25)20-6-7-22-8-10-30-11-9-22/h1-5,12-13,21,24H,6-11H2,(H,20,25). The highest BCUT2D eigenvalue weighted by Gasteiger charge is 2.20. The molecule has 1 fully saturated rings. The van der Waals surface area contributed by atoms with Crippen molar-refractivity contribution in [3.63, 3.8) is 0 Å². The van der Waals surface area contributed by atoms with Gasteiger partial charge in [-0.25, -0.2) is 8.42 Å². The van der Waals surface area contributed by atoms with Crippen molar-refractivity contribution in [3.05, 3.63) is 58.1 Å². The topological polar surface area (TPSA) is 151 Å². The molecule has 0 saturated carbocycles. The van der Waals surface area contributed by atoms with Gasteiger partial charge in [0.05, 0.1) is 28.6 Å². The molecule has 1 aliphatic rings. The van der Waals surface area contributed by atoms with Gasteiger partial charge in [0.15, 0.2) is 0 Å². The third-order valence-corrected chi connectivity index (χ3v) is 6.03. The van der Waals surface area contributed by atoms with Crippen LogP contribution < -0.4 is 10.0 Å². The fraction of sp³-hybridized carbons (Fsp3) is 0.316. The van der Waals surface area contributed by atoms with E-state index in [1.165, 1.54) is 36.4 Å². The van der Waals surface area contributed by atoms with Crippen molar-refractivity contribution in [1.82, 2.24) is 10.2 Å². The number of anilines is 1. The molecule has 2 aromatic rings. The van der Waals surface area contributed by atoms with Crippen LogP contribution in [0.5, 0.6) is 5.75 Å². The smallest absolute Gasteiger partial charge is 0.270 e. The number of non-ortho nitro benzene ring substituents is 1. The van der Waals surface area contributed by atoms with Crippen LogP contribution in [-0.2, 0) is 14.8 Å².